The van der Waals surface area contributed by atoms with Crippen LogP contribution in [0, 0.1) is 0 Å². The van der Waals surface area contributed by atoms with Gasteiger partial charge in [-0.1, -0.05) is 48.6 Å². The lowest BCUT2D eigenvalue weighted by molar-refractivity contribution is 0.871. The van der Waals surface area contributed by atoms with Gasteiger partial charge in [0.05, 0.1) is 0 Å². The first kappa shape index (κ1) is 13.0. The van der Waals surface area contributed by atoms with Gasteiger partial charge in [-0.05, 0) is 33.0 Å². The third-order valence-corrected chi connectivity index (χ3v) is 6.28. The highest BCUT2D eigenvalue weighted by Crippen LogP contribution is 2.53. The number of hydrogen-bond acceptors (Lipinski definition) is 2. The predicted octanol–water partition coefficient (Wildman–Crippen LogP) is 5.41. The molecule has 0 fully saturated rings. The van der Waals surface area contributed by atoms with Gasteiger partial charge in [0.1, 0.15) is 0 Å². The summed E-state index contributed by atoms with van der Waals surface area (Å²) in [6.45, 7) is 0. The molecule has 0 bridgehead atoms. The molecule has 3 aliphatic carbocycles. The van der Waals surface area contributed by atoms with Gasteiger partial charge in [0, 0.05) is 58.5 Å². The summed E-state index contributed by atoms with van der Waals surface area (Å²) in [6, 6.07) is 9.11. The molecule has 2 nitrogen and oxygen atoms in total. The largest absolute Gasteiger partial charge is 0.263 e. The Bertz CT molecular complexity index is 1240. The summed E-state index contributed by atoms with van der Waals surface area (Å²) in [4.78, 5) is 8.84. The number of allylic oxidation sites excluding steroid dienone is 2. The molecule has 120 valence electrons. The first-order valence-corrected chi connectivity index (χ1v) is 9.07. The summed E-state index contributed by atoms with van der Waals surface area (Å²) in [5.74, 6) is 0.651. The van der Waals surface area contributed by atoms with Crippen molar-refractivity contribution >= 4 is 33.7 Å². The number of pyridine rings is 2. The highest BCUT2D eigenvalue weighted by Gasteiger charge is 2.35. The standard InChI is InChI=1S/C24H14N2/c1-5-17-18-6-3-15-11-26-12-16-4-8-20(24(18)22(15)16)19-7-2-14-10-25-9-13(1)21(14)23(17)19/h1-12,17,20H. The molecule has 0 aliphatic heterocycles. The van der Waals surface area contributed by atoms with E-state index in [1.54, 1.807) is 0 Å². The normalized spacial score (nSPS) is 20.8. The smallest absolute Gasteiger partial charge is 0.0346 e. The van der Waals surface area contributed by atoms with Crippen LogP contribution >= 0.6 is 0 Å². The molecule has 0 amide bonds. The zero-order valence-corrected chi connectivity index (χ0v) is 14.0. The number of benzene rings is 2. The second-order valence-electron chi connectivity index (χ2n) is 7.46. The molecule has 0 saturated heterocycles. The SMILES string of the molecule is C1=CC2c3ccc4cncc5c4c3C(C=C5)c3ccc4cncc1c4c32. The second kappa shape index (κ2) is 4.28. The molecule has 0 saturated carbocycles. The van der Waals surface area contributed by atoms with Crippen molar-refractivity contribution in [3.63, 3.8) is 0 Å². The van der Waals surface area contributed by atoms with Gasteiger partial charge in [-0.2, -0.15) is 0 Å². The van der Waals surface area contributed by atoms with Gasteiger partial charge in [-0.25, -0.2) is 0 Å². The Hall–Kier alpha value is -3.26. The highest BCUT2D eigenvalue weighted by atomic mass is 14.6. The van der Waals surface area contributed by atoms with E-state index in [0.29, 0.717) is 11.8 Å². The molecule has 2 unspecified atom stereocenters. The molecule has 2 heterocycles. The van der Waals surface area contributed by atoms with E-state index in [0.717, 1.165) is 0 Å². The number of fused-ring (bicyclic) bond motifs is 2. The van der Waals surface area contributed by atoms with Crippen molar-refractivity contribution < 1.29 is 0 Å². The van der Waals surface area contributed by atoms with Gasteiger partial charge in [0.15, 0.2) is 0 Å². The molecule has 0 N–H and O–H groups in total. The Balaban J connectivity index is 1.69. The molecule has 26 heavy (non-hydrogen) atoms. The van der Waals surface area contributed by atoms with Crippen molar-refractivity contribution in [3.8, 4) is 0 Å². The monoisotopic (exact) mass is 330 g/mol. The maximum atomic E-state index is 4.42. The van der Waals surface area contributed by atoms with Crippen molar-refractivity contribution in [2.45, 2.75) is 11.8 Å². The Labute approximate surface area is 150 Å². The summed E-state index contributed by atoms with van der Waals surface area (Å²) >= 11 is 0. The molecular formula is C24H14N2. The molecule has 3 aliphatic rings. The summed E-state index contributed by atoms with van der Waals surface area (Å²) in [7, 11) is 0. The first-order valence-electron chi connectivity index (χ1n) is 9.07. The van der Waals surface area contributed by atoms with Crippen LogP contribution in [-0.2, 0) is 0 Å². The summed E-state index contributed by atoms with van der Waals surface area (Å²) in [5, 5.41) is 5.24. The van der Waals surface area contributed by atoms with Crippen LogP contribution in [0.1, 0.15) is 45.2 Å². The summed E-state index contributed by atoms with van der Waals surface area (Å²) < 4.78 is 0. The van der Waals surface area contributed by atoms with Crippen molar-refractivity contribution in [2.75, 3.05) is 0 Å². The van der Waals surface area contributed by atoms with E-state index in [1.807, 2.05) is 24.8 Å². The average Bonchev–Trinajstić information content (AvgIpc) is 2.70. The maximum Gasteiger partial charge on any atom is 0.0346 e. The maximum absolute atomic E-state index is 4.42. The van der Waals surface area contributed by atoms with E-state index >= 15 is 0 Å². The number of rotatable bonds is 0. The first-order chi connectivity index (χ1) is 12.9. The third-order valence-electron chi connectivity index (χ3n) is 6.28. The molecule has 2 atom stereocenters. The lowest BCUT2D eigenvalue weighted by Gasteiger charge is -2.37. The Morgan fingerprint density at radius 3 is 1.58 bits per heavy atom. The van der Waals surface area contributed by atoms with Crippen LogP contribution in [0.15, 0.2) is 61.2 Å². The van der Waals surface area contributed by atoms with Crippen molar-refractivity contribution in [2.24, 2.45) is 0 Å². The molecule has 7 rings (SSSR count). The average molecular weight is 330 g/mol. The topological polar surface area (TPSA) is 25.8 Å². The van der Waals surface area contributed by atoms with Crippen molar-refractivity contribution in [1.29, 1.82) is 0 Å². The lowest BCUT2D eigenvalue weighted by Crippen LogP contribution is -2.20. The summed E-state index contributed by atoms with van der Waals surface area (Å²) in [6.07, 6.45) is 17.2. The molecule has 2 heteroatoms. The zero-order chi connectivity index (χ0) is 16.8. The quantitative estimate of drug-likeness (QED) is 0.430. The lowest BCUT2D eigenvalue weighted by atomic mass is 9.66. The fourth-order valence-electron chi connectivity index (χ4n) is 5.27. The van der Waals surface area contributed by atoms with Gasteiger partial charge in [0.25, 0.3) is 0 Å². The molecule has 0 radical (unpaired) electrons. The molecule has 0 spiro atoms. The number of nitrogens with zero attached hydrogens (tertiary/aromatic N) is 2. The third kappa shape index (κ3) is 1.37. The van der Waals surface area contributed by atoms with E-state index < -0.39 is 0 Å². The Morgan fingerprint density at radius 2 is 1.08 bits per heavy atom. The van der Waals surface area contributed by atoms with Crippen LogP contribution < -0.4 is 0 Å². The van der Waals surface area contributed by atoms with Crippen LogP contribution in [0.5, 0.6) is 0 Å². The van der Waals surface area contributed by atoms with Gasteiger partial charge in [0.2, 0.25) is 0 Å². The van der Waals surface area contributed by atoms with Gasteiger partial charge in [-0.15, -0.1) is 0 Å². The van der Waals surface area contributed by atoms with Crippen LogP contribution in [0.4, 0.5) is 0 Å². The summed E-state index contributed by atoms with van der Waals surface area (Å²) in [5.41, 5.74) is 8.31. The van der Waals surface area contributed by atoms with Crippen molar-refractivity contribution in [3.05, 3.63) is 94.6 Å². The van der Waals surface area contributed by atoms with Gasteiger partial charge in [-0.3, -0.25) is 9.97 Å². The van der Waals surface area contributed by atoms with E-state index in [2.05, 4.69) is 58.5 Å². The molecular weight excluding hydrogens is 316 g/mol. The number of aromatic nitrogens is 2. The van der Waals surface area contributed by atoms with Gasteiger partial charge >= 0.3 is 0 Å². The molecule has 4 aromatic rings. The van der Waals surface area contributed by atoms with Crippen LogP contribution in [0.25, 0.3) is 33.7 Å². The minimum Gasteiger partial charge on any atom is -0.263 e. The zero-order valence-electron chi connectivity index (χ0n) is 14.0. The second-order valence-corrected chi connectivity index (χ2v) is 7.46. The fraction of sp³-hybridized carbons (Fsp3) is 0.0833. The Kier molecular flexibility index (Phi) is 2.14. The van der Waals surface area contributed by atoms with Crippen LogP contribution in [0.3, 0.4) is 0 Å². The molecule has 2 aromatic heterocycles. The minimum absolute atomic E-state index is 0.326. The van der Waals surface area contributed by atoms with E-state index in [1.165, 1.54) is 54.9 Å². The van der Waals surface area contributed by atoms with E-state index in [4.69, 9.17) is 0 Å². The predicted molar refractivity (Wildman–Crippen MR) is 105 cm³/mol. The van der Waals surface area contributed by atoms with Crippen LogP contribution in [-0.4, -0.2) is 9.97 Å². The van der Waals surface area contributed by atoms with E-state index in [9.17, 15) is 0 Å². The van der Waals surface area contributed by atoms with E-state index in [-0.39, 0.29) is 0 Å². The fourth-order valence-corrected chi connectivity index (χ4v) is 5.27. The van der Waals surface area contributed by atoms with Crippen LogP contribution in [0.2, 0.25) is 0 Å². The minimum atomic E-state index is 0.326. The molecule has 2 aromatic carbocycles. The number of hydrogen-bond donors (Lipinski definition) is 0. The highest BCUT2D eigenvalue weighted by molar-refractivity contribution is 6.01. The van der Waals surface area contributed by atoms with Crippen molar-refractivity contribution in [1.82, 2.24) is 9.97 Å². The Morgan fingerprint density at radius 1 is 0.577 bits per heavy atom. The van der Waals surface area contributed by atoms with Gasteiger partial charge < -0.3 is 0 Å².